The molecule has 0 spiro atoms. The molecule has 3 unspecified atom stereocenters. The zero-order valence-electron chi connectivity index (χ0n) is 12.0. The molecule has 0 radical (unpaired) electrons. The second-order valence-corrected chi connectivity index (χ2v) is 6.77. The maximum absolute atomic E-state index is 3.67. The summed E-state index contributed by atoms with van der Waals surface area (Å²) >= 11 is 1.80. The van der Waals surface area contributed by atoms with E-state index in [0.29, 0.717) is 24.0 Å². The van der Waals surface area contributed by atoms with Gasteiger partial charge in [-0.2, -0.15) is 11.3 Å². The van der Waals surface area contributed by atoms with Crippen LogP contribution in [0.5, 0.6) is 0 Å². The van der Waals surface area contributed by atoms with Gasteiger partial charge >= 0.3 is 0 Å². The molecule has 2 heterocycles. The number of hydrogen-bond donors (Lipinski definition) is 1. The number of nitrogens with one attached hydrogen (secondary N) is 1. The first-order valence-corrected chi connectivity index (χ1v) is 8.02. The molecule has 3 heteroatoms. The Bertz CT molecular complexity index is 347. The van der Waals surface area contributed by atoms with E-state index in [1.54, 1.807) is 11.3 Å². The molecule has 0 amide bonds. The van der Waals surface area contributed by atoms with Gasteiger partial charge in [-0.05, 0) is 48.6 Å². The van der Waals surface area contributed by atoms with Crippen molar-refractivity contribution in [3.05, 3.63) is 22.4 Å². The highest BCUT2D eigenvalue weighted by Gasteiger charge is 2.29. The van der Waals surface area contributed by atoms with Crippen LogP contribution in [-0.2, 0) is 6.42 Å². The largest absolute Gasteiger partial charge is 0.311 e. The first kappa shape index (κ1) is 14.0. The van der Waals surface area contributed by atoms with Crippen LogP contribution in [0, 0.1) is 5.92 Å². The van der Waals surface area contributed by atoms with Crippen LogP contribution in [-0.4, -0.2) is 36.1 Å². The van der Waals surface area contributed by atoms with Crippen LogP contribution < -0.4 is 5.32 Å². The van der Waals surface area contributed by atoms with E-state index < -0.39 is 0 Å². The lowest BCUT2D eigenvalue weighted by molar-refractivity contribution is 0.0853. The summed E-state index contributed by atoms with van der Waals surface area (Å²) in [5, 5.41) is 8.13. The topological polar surface area (TPSA) is 15.3 Å². The van der Waals surface area contributed by atoms with Crippen molar-refractivity contribution in [1.82, 2.24) is 10.2 Å². The van der Waals surface area contributed by atoms with E-state index in [0.717, 1.165) is 6.54 Å². The predicted octanol–water partition coefficient (Wildman–Crippen LogP) is 3.00. The van der Waals surface area contributed by atoms with E-state index in [2.05, 4.69) is 54.7 Å². The molecule has 1 N–H and O–H groups in total. The van der Waals surface area contributed by atoms with Crippen molar-refractivity contribution >= 4 is 11.3 Å². The molecule has 1 aromatic heterocycles. The van der Waals surface area contributed by atoms with Gasteiger partial charge in [-0.25, -0.2) is 0 Å². The second-order valence-electron chi connectivity index (χ2n) is 5.99. The highest BCUT2D eigenvalue weighted by Crippen LogP contribution is 2.19. The molecule has 1 fully saturated rings. The molecule has 3 atom stereocenters. The Morgan fingerprint density at radius 3 is 2.83 bits per heavy atom. The molecule has 1 aliphatic rings. The third-order valence-corrected chi connectivity index (χ3v) is 4.86. The molecule has 2 nitrogen and oxygen atoms in total. The van der Waals surface area contributed by atoms with Crippen molar-refractivity contribution in [3.63, 3.8) is 0 Å². The van der Waals surface area contributed by atoms with Crippen LogP contribution >= 0.6 is 11.3 Å². The standard InChI is InChI=1S/C15H26N2S/c1-11(2)15-9-17(13(4)8-16-15)12(3)7-14-5-6-18-10-14/h5-6,10-13,15-16H,7-9H2,1-4H3. The van der Waals surface area contributed by atoms with Gasteiger partial charge < -0.3 is 5.32 Å². The molecule has 2 rings (SSSR count). The number of thiophene rings is 1. The highest BCUT2D eigenvalue weighted by molar-refractivity contribution is 7.07. The Kier molecular flexibility index (Phi) is 4.82. The van der Waals surface area contributed by atoms with Crippen LogP contribution in [0.1, 0.15) is 33.3 Å². The van der Waals surface area contributed by atoms with Gasteiger partial charge in [0.05, 0.1) is 0 Å². The average molecular weight is 266 g/mol. The minimum absolute atomic E-state index is 0.637. The van der Waals surface area contributed by atoms with Crippen molar-refractivity contribution in [2.75, 3.05) is 13.1 Å². The van der Waals surface area contributed by atoms with Gasteiger partial charge in [-0.3, -0.25) is 4.90 Å². The maximum Gasteiger partial charge on any atom is 0.0218 e. The number of hydrogen-bond acceptors (Lipinski definition) is 3. The lowest BCUT2D eigenvalue weighted by Crippen LogP contribution is -2.59. The molecule has 1 aromatic rings. The Morgan fingerprint density at radius 2 is 2.22 bits per heavy atom. The first-order chi connectivity index (χ1) is 8.58. The Balaban J connectivity index is 1.96. The monoisotopic (exact) mass is 266 g/mol. The van der Waals surface area contributed by atoms with Gasteiger partial charge in [0, 0.05) is 31.2 Å². The SMILES string of the molecule is CC(C)C1CN(C(C)Cc2ccsc2)C(C)CN1. The van der Waals surface area contributed by atoms with Gasteiger partial charge in [-0.1, -0.05) is 13.8 Å². The zero-order chi connectivity index (χ0) is 13.1. The minimum Gasteiger partial charge on any atom is -0.311 e. The number of nitrogens with zero attached hydrogens (tertiary/aromatic N) is 1. The Labute approximate surface area is 115 Å². The van der Waals surface area contributed by atoms with E-state index >= 15 is 0 Å². The summed E-state index contributed by atoms with van der Waals surface area (Å²) in [6.45, 7) is 11.6. The van der Waals surface area contributed by atoms with E-state index in [4.69, 9.17) is 0 Å². The summed E-state index contributed by atoms with van der Waals surface area (Å²) in [7, 11) is 0. The summed E-state index contributed by atoms with van der Waals surface area (Å²) in [5.74, 6) is 0.716. The van der Waals surface area contributed by atoms with Gasteiger partial charge in [-0.15, -0.1) is 0 Å². The lowest BCUT2D eigenvalue weighted by Gasteiger charge is -2.43. The van der Waals surface area contributed by atoms with E-state index in [9.17, 15) is 0 Å². The average Bonchev–Trinajstić information content (AvgIpc) is 2.81. The normalized spacial score (nSPS) is 27.6. The fourth-order valence-corrected chi connectivity index (χ4v) is 3.52. The van der Waals surface area contributed by atoms with Crippen LogP contribution in [0.4, 0.5) is 0 Å². The van der Waals surface area contributed by atoms with Crippen LogP contribution in [0.15, 0.2) is 16.8 Å². The zero-order valence-corrected chi connectivity index (χ0v) is 12.8. The van der Waals surface area contributed by atoms with Crippen LogP contribution in [0.25, 0.3) is 0 Å². The Hall–Kier alpha value is -0.380. The molecule has 0 bridgehead atoms. The van der Waals surface area contributed by atoms with Crippen molar-refractivity contribution in [2.45, 2.75) is 52.2 Å². The summed E-state index contributed by atoms with van der Waals surface area (Å²) in [4.78, 5) is 2.68. The minimum atomic E-state index is 0.637. The molecule has 1 saturated heterocycles. The molecule has 0 aliphatic carbocycles. The molecular formula is C15H26N2S. The lowest BCUT2D eigenvalue weighted by atomic mass is 9.97. The summed E-state index contributed by atoms with van der Waals surface area (Å²) in [6, 6.07) is 4.19. The summed E-state index contributed by atoms with van der Waals surface area (Å²) < 4.78 is 0. The van der Waals surface area contributed by atoms with Crippen LogP contribution in [0.3, 0.4) is 0 Å². The van der Waals surface area contributed by atoms with E-state index in [1.807, 2.05) is 0 Å². The second kappa shape index (κ2) is 6.18. The van der Waals surface area contributed by atoms with Crippen molar-refractivity contribution < 1.29 is 0 Å². The fraction of sp³-hybridized carbons (Fsp3) is 0.733. The van der Waals surface area contributed by atoms with E-state index in [1.165, 1.54) is 18.5 Å². The summed E-state index contributed by atoms with van der Waals surface area (Å²) in [6.07, 6.45) is 1.18. The van der Waals surface area contributed by atoms with Crippen LogP contribution in [0.2, 0.25) is 0 Å². The smallest absolute Gasteiger partial charge is 0.0218 e. The third-order valence-electron chi connectivity index (χ3n) is 4.13. The molecule has 18 heavy (non-hydrogen) atoms. The van der Waals surface area contributed by atoms with E-state index in [-0.39, 0.29) is 0 Å². The van der Waals surface area contributed by atoms with Crippen molar-refractivity contribution in [3.8, 4) is 0 Å². The quantitative estimate of drug-likeness (QED) is 0.901. The van der Waals surface area contributed by atoms with Gasteiger partial charge in [0.2, 0.25) is 0 Å². The van der Waals surface area contributed by atoms with Gasteiger partial charge in [0.1, 0.15) is 0 Å². The molecular weight excluding hydrogens is 240 g/mol. The molecule has 0 aromatic carbocycles. The highest BCUT2D eigenvalue weighted by atomic mass is 32.1. The summed E-state index contributed by atoms with van der Waals surface area (Å²) in [5.41, 5.74) is 1.49. The predicted molar refractivity (Wildman–Crippen MR) is 80.3 cm³/mol. The number of rotatable bonds is 4. The first-order valence-electron chi connectivity index (χ1n) is 7.08. The third kappa shape index (κ3) is 3.34. The molecule has 0 saturated carbocycles. The fourth-order valence-electron chi connectivity index (χ4n) is 2.84. The molecule has 1 aliphatic heterocycles. The van der Waals surface area contributed by atoms with Crippen molar-refractivity contribution in [2.24, 2.45) is 5.92 Å². The number of piperazine rings is 1. The van der Waals surface area contributed by atoms with Crippen molar-refractivity contribution in [1.29, 1.82) is 0 Å². The maximum atomic E-state index is 3.67. The van der Waals surface area contributed by atoms with Gasteiger partial charge in [0.25, 0.3) is 0 Å². The van der Waals surface area contributed by atoms with Gasteiger partial charge in [0.15, 0.2) is 0 Å². The molecule has 102 valence electrons. The Morgan fingerprint density at radius 1 is 1.44 bits per heavy atom.